The Morgan fingerprint density at radius 1 is 1.25 bits per heavy atom. The average Bonchev–Trinajstić information content (AvgIpc) is 1.85. The molecule has 0 bridgehead atoms. The zero-order valence-electron chi connectivity index (χ0n) is 7.32. The Labute approximate surface area is 103 Å². The summed E-state index contributed by atoms with van der Waals surface area (Å²) in [5.74, 6) is 0. The van der Waals surface area contributed by atoms with Crippen LogP contribution in [0, 0.1) is 0 Å². The molecular weight excluding hydrogens is 207 g/mol. The van der Waals surface area contributed by atoms with Crippen LogP contribution in [0.15, 0.2) is 0 Å². The summed E-state index contributed by atoms with van der Waals surface area (Å²) in [5.41, 5.74) is 0. The molecule has 0 aliphatic rings. The Morgan fingerprint density at radius 3 is 2.25 bits per heavy atom. The van der Waals surface area contributed by atoms with Crippen molar-refractivity contribution in [2.75, 3.05) is 6.61 Å². The topological polar surface area (TPSA) is 72.4 Å². The van der Waals surface area contributed by atoms with Gasteiger partial charge in [0.15, 0.2) is 0 Å². The van der Waals surface area contributed by atoms with Gasteiger partial charge in [-0.3, -0.25) is 0 Å². The Kier molecular flexibility index (Phi) is 11.8. The molecule has 0 atom stereocenters. The molecule has 12 heavy (non-hydrogen) atoms. The molecule has 0 aromatic rings. The van der Waals surface area contributed by atoms with E-state index < -0.39 is 7.82 Å². The quantitative estimate of drug-likeness (QED) is 0.359. The Balaban J connectivity index is 0. The molecule has 0 aromatic carbocycles. The molecule has 4 nitrogen and oxygen atoms in total. The fraction of sp³-hybridized carbons (Fsp3) is 1.00. The normalized spacial score (nSPS) is 10.9. The number of phosphoric ester groups is 1. The van der Waals surface area contributed by atoms with Crippen molar-refractivity contribution >= 4 is 45.6 Å². The molecule has 0 aliphatic heterocycles. The molecule has 0 N–H and O–H groups in total. The van der Waals surface area contributed by atoms with Gasteiger partial charge in [-0.1, -0.05) is 26.2 Å². The van der Waals surface area contributed by atoms with Gasteiger partial charge in [-0.05, 0) is 6.42 Å². The van der Waals surface area contributed by atoms with Gasteiger partial charge in [-0.15, -0.1) is 0 Å². The summed E-state index contributed by atoms with van der Waals surface area (Å²) in [7, 11) is -4.71. The number of rotatable bonds is 6. The first kappa shape index (κ1) is 15.8. The van der Waals surface area contributed by atoms with Crippen LogP contribution in [0.2, 0.25) is 0 Å². The standard InChI is InChI=1S/C6H15O4P.Ca/c1-2-3-4-5-6-10-11(7,8)9;/h2-6H2,1H3,(H2,7,8,9);/q;+2/p-2. The second-order valence-electron chi connectivity index (χ2n) is 2.34. The van der Waals surface area contributed by atoms with Gasteiger partial charge in [0.2, 0.25) is 0 Å². The molecule has 0 fully saturated rings. The minimum Gasteiger partial charge on any atom is -0.790 e. The molecule has 0 aliphatic carbocycles. The fourth-order valence-corrected chi connectivity index (χ4v) is 1.06. The van der Waals surface area contributed by atoms with E-state index in [2.05, 4.69) is 4.52 Å². The van der Waals surface area contributed by atoms with E-state index in [1.165, 1.54) is 0 Å². The summed E-state index contributed by atoms with van der Waals surface area (Å²) >= 11 is 0. The molecule has 0 saturated carbocycles. The largest absolute Gasteiger partial charge is 2.00 e. The molecule has 0 spiro atoms. The molecule has 0 heterocycles. The average molecular weight is 220 g/mol. The summed E-state index contributed by atoms with van der Waals surface area (Å²) in [6.07, 6.45) is 3.68. The van der Waals surface area contributed by atoms with E-state index in [9.17, 15) is 14.4 Å². The molecular formula is C6H13CaO4P. The van der Waals surface area contributed by atoms with E-state index >= 15 is 0 Å². The molecule has 0 radical (unpaired) electrons. The van der Waals surface area contributed by atoms with Crippen molar-refractivity contribution in [3.63, 3.8) is 0 Å². The third-order valence-electron chi connectivity index (χ3n) is 1.25. The monoisotopic (exact) mass is 220 g/mol. The van der Waals surface area contributed by atoms with Crippen LogP contribution in [0.4, 0.5) is 0 Å². The van der Waals surface area contributed by atoms with Crippen LogP contribution in [-0.2, 0) is 9.09 Å². The summed E-state index contributed by atoms with van der Waals surface area (Å²) in [5, 5.41) is 0. The van der Waals surface area contributed by atoms with Crippen molar-refractivity contribution in [3.8, 4) is 0 Å². The van der Waals surface area contributed by atoms with Crippen molar-refractivity contribution in [1.29, 1.82) is 0 Å². The van der Waals surface area contributed by atoms with Crippen molar-refractivity contribution in [2.45, 2.75) is 32.6 Å². The van der Waals surface area contributed by atoms with Gasteiger partial charge < -0.3 is 18.9 Å². The summed E-state index contributed by atoms with van der Waals surface area (Å²) in [6, 6.07) is 0. The van der Waals surface area contributed by atoms with Gasteiger partial charge in [0, 0.05) is 0 Å². The minimum absolute atomic E-state index is 0. The van der Waals surface area contributed by atoms with E-state index in [4.69, 9.17) is 0 Å². The second-order valence-corrected chi connectivity index (χ2v) is 3.49. The van der Waals surface area contributed by atoms with Gasteiger partial charge in [-0.2, -0.15) is 0 Å². The third-order valence-corrected chi connectivity index (χ3v) is 1.75. The van der Waals surface area contributed by atoms with Gasteiger partial charge in [0.25, 0.3) is 0 Å². The van der Waals surface area contributed by atoms with Crippen LogP contribution in [0.1, 0.15) is 32.6 Å². The van der Waals surface area contributed by atoms with Crippen molar-refractivity contribution in [1.82, 2.24) is 0 Å². The van der Waals surface area contributed by atoms with E-state index in [1.807, 2.05) is 6.92 Å². The molecule has 0 rings (SSSR count). The van der Waals surface area contributed by atoms with Crippen LogP contribution in [0.5, 0.6) is 0 Å². The first-order valence-electron chi connectivity index (χ1n) is 3.73. The first-order chi connectivity index (χ1) is 5.06. The van der Waals surface area contributed by atoms with Gasteiger partial charge in [-0.25, -0.2) is 0 Å². The fourth-order valence-electron chi connectivity index (χ4n) is 0.705. The maximum absolute atomic E-state index is 9.91. The molecule has 0 saturated heterocycles. The molecule has 0 amide bonds. The van der Waals surface area contributed by atoms with Crippen molar-refractivity contribution in [2.24, 2.45) is 0 Å². The zero-order chi connectivity index (χ0) is 8.74. The third kappa shape index (κ3) is 13.9. The second kappa shape index (κ2) is 8.95. The number of phosphoric acid groups is 1. The van der Waals surface area contributed by atoms with Gasteiger partial charge >= 0.3 is 37.7 Å². The first-order valence-corrected chi connectivity index (χ1v) is 5.19. The summed E-state index contributed by atoms with van der Waals surface area (Å²) < 4.78 is 13.9. The number of unbranched alkanes of at least 4 members (excludes halogenated alkanes) is 3. The van der Waals surface area contributed by atoms with E-state index in [0.29, 0.717) is 6.42 Å². The smallest absolute Gasteiger partial charge is 0.790 e. The van der Waals surface area contributed by atoms with E-state index in [-0.39, 0.29) is 44.3 Å². The predicted octanol–water partition coefficient (Wildman–Crippen LogP) is 0.0312. The van der Waals surface area contributed by atoms with Crippen LogP contribution in [-0.4, -0.2) is 44.3 Å². The van der Waals surface area contributed by atoms with Gasteiger partial charge in [0.1, 0.15) is 0 Å². The maximum atomic E-state index is 9.91. The van der Waals surface area contributed by atoms with Crippen LogP contribution < -0.4 is 9.79 Å². The Bertz CT molecular complexity index is 136. The van der Waals surface area contributed by atoms with Crippen molar-refractivity contribution < 1.29 is 18.9 Å². The number of hydrogen-bond donors (Lipinski definition) is 0. The maximum Gasteiger partial charge on any atom is 2.00 e. The SMILES string of the molecule is CCCCCCOP(=O)([O-])[O-].[Ca+2]. The zero-order valence-corrected chi connectivity index (χ0v) is 10.4. The van der Waals surface area contributed by atoms with Crippen LogP contribution in [0.25, 0.3) is 0 Å². The minimum atomic E-state index is -4.71. The van der Waals surface area contributed by atoms with Crippen molar-refractivity contribution in [3.05, 3.63) is 0 Å². The Hall–Kier alpha value is 1.37. The summed E-state index contributed by atoms with van der Waals surface area (Å²) in [6.45, 7) is 2.08. The van der Waals surface area contributed by atoms with E-state index in [0.717, 1.165) is 19.3 Å². The summed E-state index contributed by atoms with van der Waals surface area (Å²) in [4.78, 5) is 19.8. The van der Waals surface area contributed by atoms with Crippen LogP contribution >= 0.6 is 7.82 Å². The Morgan fingerprint density at radius 2 is 1.83 bits per heavy atom. The van der Waals surface area contributed by atoms with Gasteiger partial charge in [0.05, 0.1) is 14.4 Å². The van der Waals surface area contributed by atoms with E-state index in [1.54, 1.807) is 0 Å². The molecule has 0 unspecified atom stereocenters. The molecule has 6 heteroatoms. The predicted molar refractivity (Wildman–Crippen MR) is 43.5 cm³/mol. The molecule has 0 aromatic heterocycles. The van der Waals surface area contributed by atoms with Crippen LogP contribution in [0.3, 0.4) is 0 Å². The molecule has 68 valence electrons. The number of hydrogen-bond acceptors (Lipinski definition) is 4.